The molecule has 0 saturated carbocycles. The van der Waals surface area contributed by atoms with Gasteiger partial charge in [-0.1, -0.05) is 48.0 Å². The van der Waals surface area contributed by atoms with Crippen molar-refractivity contribution in [2.24, 2.45) is 0 Å². The van der Waals surface area contributed by atoms with Crippen molar-refractivity contribution in [3.05, 3.63) is 100 Å². The van der Waals surface area contributed by atoms with Gasteiger partial charge in [0.2, 0.25) is 5.78 Å². The number of Topliss-reactive ketones (excluding diaryl/α,β-unsaturated/α-hetero) is 1. The second kappa shape index (κ2) is 7.16. The second-order valence-corrected chi connectivity index (χ2v) is 6.71. The fourth-order valence-electron chi connectivity index (χ4n) is 3.01. The van der Waals surface area contributed by atoms with E-state index in [-0.39, 0.29) is 11.5 Å². The van der Waals surface area contributed by atoms with Crippen molar-refractivity contribution in [2.45, 2.75) is 13.8 Å². The van der Waals surface area contributed by atoms with Gasteiger partial charge in [0.25, 0.3) is 0 Å². The van der Waals surface area contributed by atoms with Crippen LogP contribution >= 0.6 is 0 Å². The SMILES string of the molecule is Cc1ccc(C=C2Oc3cc(OC(=O)c4ccccc4C)ccc3C2=O)cc1. The molecule has 0 aromatic heterocycles. The van der Waals surface area contributed by atoms with E-state index in [4.69, 9.17) is 9.47 Å². The van der Waals surface area contributed by atoms with E-state index < -0.39 is 5.97 Å². The van der Waals surface area contributed by atoms with Gasteiger partial charge in [-0.2, -0.15) is 0 Å². The number of hydrogen-bond donors (Lipinski definition) is 0. The van der Waals surface area contributed by atoms with Crippen molar-refractivity contribution in [1.82, 2.24) is 0 Å². The zero-order valence-electron chi connectivity index (χ0n) is 15.6. The number of hydrogen-bond acceptors (Lipinski definition) is 4. The first-order chi connectivity index (χ1) is 13.5. The van der Waals surface area contributed by atoms with E-state index in [0.29, 0.717) is 22.6 Å². The molecule has 0 spiro atoms. The summed E-state index contributed by atoms with van der Waals surface area (Å²) >= 11 is 0. The second-order valence-electron chi connectivity index (χ2n) is 6.71. The summed E-state index contributed by atoms with van der Waals surface area (Å²) in [7, 11) is 0. The van der Waals surface area contributed by atoms with E-state index in [1.165, 1.54) is 0 Å². The first kappa shape index (κ1) is 17.7. The summed E-state index contributed by atoms with van der Waals surface area (Å²) in [5.74, 6) is 0.334. The number of carbonyl (C=O) groups is 2. The first-order valence-corrected chi connectivity index (χ1v) is 8.94. The Balaban J connectivity index is 1.56. The van der Waals surface area contributed by atoms with Crippen LogP contribution < -0.4 is 9.47 Å². The molecule has 0 radical (unpaired) electrons. The van der Waals surface area contributed by atoms with Gasteiger partial charge in [-0.05, 0) is 49.2 Å². The molecule has 0 bridgehead atoms. The maximum Gasteiger partial charge on any atom is 0.343 e. The number of ketones is 1. The molecule has 3 aromatic carbocycles. The van der Waals surface area contributed by atoms with Crippen molar-refractivity contribution >= 4 is 17.8 Å². The van der Waals surface area contributed by atoms with Gasteiger partial charge in [0.05, 0.1) is 11.1 Å². The number of fused-ring (bicyclic) bond motifs is 1. The summed E-state index contributed by atoms with van der Waals surface area (Å²) in [5, 5.41) is 0. The summed E-state index contributed by atoms with van der Waals surface area (Å²) in [6.45, 7) is 3.85. The molecule has 4 heteroatoms. The fraction of sp³-hybridized carbons (Fsp3) is 0.0833. The summed E-state index contributed by atoms with van der Waals surface area (Å²) in [5.41, 5.74) is 3.81. The number of allylic oxidation sites excluding steroid dienone is 1. The molecule has 1 aliphatic heterocycles. The Labute approximate surface area is 163 Å². The third-order valence-electron chi connectivity index (χ3n) is 4.59. The Morgan fingerprint density at radius 1 is 0.964 bits per heavy atom. The largest absolute Gasteiger partial charge is 0.452 e. The van der Waals surface area contributed by atoms with Crippen molar-refractivity contribution in [3.8, 4) is 11.5 Å². The minimum atomic E-state index is -0.446. The highest BCUT2D eigenvalue weighted by Crippen LogP contribution is 2.35. The standard InChI is InChI=1S/C24H18O4/c1-15-7-9-17(10-8-15)13-22-23(25)20-12-11-18(14-21(20)28-22)27-24(26)19-6-4-3-5-16(19)2/h3-14H,1-2H3. The number of benzene rings is 3. The van der Waals surface area contributed by atoms with Crippen LogP contribution in [0.3, 0.4) is 0 Å². The lowest BCUT2D eigenvalue weighted by Gasteiger charge is -2.07. The minimum absolute atomic E-state index is 0.188. The third kappa shape index (κ3) is 3.45. The van der Waals surface area contributed by atoms with Crippen LogP contribution in [0.4, 0.5) is 0 Å². The summed E-state index contributed by atoms with van der Waals surface area (Å²) in [4.78, 5) is 25.0. The summed E-state index contributed by atoms with van der Waals surface area (Å²) in [6, 6.07) is 19.8. The predicted molar refractivity (Wildman–Crippen MR) is 107 cm³/mol. The molecule has 0 atom stereocenters. The minimum Gasteiger partial charge on any atom is -0.452 e. The molecule has 0 fully saturated rings. The van der Waals surface area contributed by atoms with E-state index in [9.17, 15) is 9.59 Å². The average Bonchev–Trinajstić information content (AvgIpc) is 2.99. The normalized spacial score (nSPS) is 13.9. The van der Waals surface area contributed by atoms with Gasteiger partial charge in [0.15, 0.2) is 5.76 Å². The van der Waals surface area contributed by atoms with Crippen LogP contribution in [0.1, 0.15) is 37.4 Å². The Bertz CT molecular complexity index is 1110. The van der Waals surface area contributed by atoms with E-state index in [1.54, 1.807) is 36.4 Å². The number of carbonyl (C=O) groups excluding carboxylic acids is 2. The topological polar surface area (TPSA) is 52.6 Å². The molecule has 4 rings (SSSR count). The van der Waals surface area contributed by atoms with Crippen LogP contribution in [-0.2, 0) is 0 Å². The van der Waals surface area contributed by atoms with E-state index in [1.807, 2.05) is 50.2 Å². The Kier molecular flexibility index (Phi) is 4.53. The monoisotopic (exact) mass is 370 g/mol. The molecule has 0 amide bonds. The summed E-state index contributed by atoms with van der Waals surface area (Å²) in [6.07, 6.45) is 1.71. The molecule has 0 saturated heterocycles. The van der Waals surface area contributed by atoms with Crippen LogP contribution in [0.2, 0.25) is 0 Å². The highest BCUT2D eigenvalue weighted by molar-refractivity contribution is 6.14. The third-order valence-corrected chi connectivity index (χ3v) is 4.59. The molecular formula is C24H18O4. The molecule has 4 nitrogen and oxygen atoms in total. The van der Waals surface area contributed by atoms with Gasteiger partial charge >= 0.3 is 5.97 Å². The lowest BCUT2D eigenvalue weighted by molar-refractivity contribution is 0.0733. The zero-order valence-corrected chi connectivity index (χ0v) is 15.6. The number of rotatable bonds is 3. The van der Waals surface area contributed by atoms with Crippen LogP contribution in [0.5, 0.6) is 11.5 Å². The van der Waals surface area contributed by atoms with Crippen LogP contribution in [-0.4, -0.2) is 11.8 Å². The number of esters is 1. The zero-order chi connectivity index (χ0) is 19.7. The lowest BCUT2D eigenvalue weighted by Crippen LogP contribution is -2.10. The van der Waals surface area contributed by atoms with E-state index in [2.05, 4.69) is 0 Å². The maximum absolute atomic E-state index is 12.6. The van der Waals surface area contributed by atoms with Crippen molar-refractivity contribution < 1.29 is 19.1 Å². The van der Waals surface area contributed by atoms with Gasteiger partial charge in [-0.25, -0.2) is 4.79 Å². The molecule has 1 heterocycles. The lowest BCUT2D eigenvalue weighted by atomic mass is 10.1. The van der Waals surface area contributed by atoms with Crippen LogP contribution in [0.25, 0.3) is 6.08 Å². The highest BCUT2D eigenvalue weighted by atomic mass is 16.5. The molecule has 0 aliphatic carbocycles. The molecule has 0 unspecified atom stereocenters. The average molecular weight is 370 g/mol. The number of ether oxygens (including phenoxy) is 2. The fourth-order valence-corrected chi connectivity index (χ4v) is 3.01. The molecule has 0 N–H and O–H groups in total. The quantitative estimate of drug-likeness (QED) is 0.364. The predicted octanol–water partition coefficient (Wildman–Crippen LogP) is 5.14. The van der Waals surface area contributed by atoms with Crippen molar-refractivity contribution in [3.63, 3.8) is 0 Å². The van der Waals surface area contributed by atoms with Crippen molar-refractivity contribution in [2.75, 3.05) is 0 Å². The van der Waals surface area contributed by atoms with Crippen molar-refractivity contribution in [1.29, 1.82) is 0 Å². The smallest absolute Gasteiger partial charge is 0.343 e. The molecule has 1 aliphatic rings. The van der Waals surface area contributed by atoms with Crippen LogP contribution in [0.15, 0.2) is 72.5 Å². The summed E-state index contributed by atoms with van der Waals surface area (Å²) < 4.78 is 11.2. The Hall–Kier alpha value is -3.66. The van der Waals surface area contributed by atoms with Gasteiger partial charge in [-0.15, -0.1) is 0 Å². The Morgan fingerprint density at radius 2 is 1.71 bits per heavy atom. The Morgan fingerprint density at radius 3 is 2.46 bits per heavy atom. The molecule has 28 heavy (non-hydrogen) atoms. The van der Waals surface area contributed by atoms with Gasteiger partial charge < -0.3 is 9.47 Å². The van der Waals surface area contributed by atoms with E-state index >= 15 is 0 Å². The first-order valence-electron chi connectivity index (χ1n) is 8.94. The highest BCUT2D eigenvalue weighted by Gasteiger charge is 2.28. The van der Waals surface area contributed by atoms with Gasteiger partial charge in [0.1, 0.15) is 11.5 Å². The number of aryl methyl sites for hydroxylation is 2. The maximum atomic E-state index is 12.6. The molecule has 138 valence electrons. The van der Waals surface area contributed by atoms with E-state index in [0.717, 1.165) is 16.7 Å². The van der Waals surface area contributed by atoms with Crippen LogP contribution in [0, 0.1) is 13.8 Å². The molecule has 3 aromatic rings. The molecular weight excluding hydrogens is 352 g/mol. The van der Waals surface area contributed by atoms with Gasteiger partial charge in [-0.3, -0.25) is 4.79 Å². The van der Waals surface area contributed by atoms with Gasteiger partial charge in [0, 0.05) is 6.07 Å².